The van der Waals surface area contributed by atoms with Crippen molar-refractivity contribution in [2.45, 2.75) is 0 Å². The van der Waals surface area contributed by atoms with E-state index in [0.717, 1.165) is 0 Å². The molecule has 0 spiro atoms. The van der Waals surface area contributed by atoms with Gasteiger partial charge in [-0.15, -0.1) is 0 Å². The molecule has 0 saturated carbocycles. The first kappa shape index (κ1) is 21.6. The van der Waals surface area contributed by atoms with Crippen LogP contribution in [0.5, 0.6) is 5.75 Å². The maximum Gasteiger partial charge on any atom is 0.253 e. The highest BCUT2D eigenvalue weighted by molar-refractivity contribution is 8.01. The summed E-state index contributed by atoms with van der Waals surface area (Å²) in [6.45, 7) is 0. The quantitative estimate of drug-likeness (QED) is 0.398. The van der Waals surface area contributed by atoms with Gasteiger partial charge in [0.05, 0.1) is 33.0 Å². The maximum absolute atomic E-state index is 14.3. The molecule has 8 heteroatoms. The van der Waals surface area contributed by atoms with E-state index in [2.05, 4.69) is 0 Å². The van der Waals surface area contributed by atoms with E-state index in [-0.39, 0.29) is 37.2 Å². The fourth-order valence-electron chi connectivity index (χ4n) is 2.88. The van der Waals surface area contributed by atoms with Crippen molar-refractivity contribution in [2.75, 3.05) is 7.11 Å². The van der Waals surface area contributed by atoms with Crippen LogP contribution in [0.2, 0.25) is 15.1 Å². The fraction of sp³-hybridized carbons (Fsp3) is 0.0476. The molecule has 0 saturated heterocycles. The molecule has 0 fully saturated rings. The van der Waals surface area contributed by atoms with Crippen LogP contribution in [0, 0.1) is 0 Å². The first-order chi connectivity index (χ1) is 13.8. The third-order valence-corrected chi connectivity index (χ3v) is 8.05. The summed E-state index contributed by atoms with van der Waals surface area (Å²) in [5, 5.41) is -0.253. The summed E-state index contributed by atoms with van der Waals surface area (Å²) in [6, 6.07) is 16.7. The van der Waals surface area contributed by atoms with Crippen molar-refractivity contribution in [3.05, 3.63) is 92.9 Å². The van der Waals surface area contributed by atoms with Gasteiger partial charge in [-0.25, -0.2) is 0 Å². The van der Waals surface area contributed by atoms with Gasteiger partial charge in [-0.1, -0.05) is 77.3 Å². The number of ether oxygens (including phenoxy) is 1. The number of carbonyl (C=O) groups is 2. The SMILES string of the molecule is COc1cccc(Cl)c1P(=O)(C(=O)c1ccccc1)C(=O)c1c(Cl)cccc1Cl. The Morgan fingerprint density at radius 1 is 0.759 bits per heavy atom. The van der Waals surface area contributed by atoms with Gasteiger partial charge in [0.1, 0.15) is 5.75 Å². The van der Waals surface area contributed by atoms with Crippen LogP contribution in [0.25, 0.3) is 0 Å². The summed E-state index contributed by atoms with van der Waals surface area (Å²) < 4.78 is 19.6. The highest BCUT2D eigenvalue weighted by Crippen LogP contribution is 2.55. The summed E-state index contributed by atoms with van der Waals surface area (Å²) in [5.74, 6) is 0.0571. The van der Waals surface area contributed by atoms with Crippen molar-refractivity contribution in [3.63, 3.8) is 0 Å². The summed E-state index contributed by atoms with van der Waals surface area (Å²) in [6.07, 6.45) is 0. The molecule has 3 rings (SSSR count). The van der Waals surface area contributed by atoms with Gasteiger partial charge in [0.15, 0.2) is 0 Å². The molecule has 0 aliphatic rings. The lowest BCUT2D eigenvalue weighted by Gasteiger charge is -2.21. The maximum atomic E-state index is 14.3. The average Bonchev–Trinajstić information content (AvgIpc) is 2.72. The number of halogens is 3. The van der Waals surface area contributed by atoms with Gasteiger partial charge in [-0.2, -0.15) is 0 Å². The number of benzene rings is 3. The number of carbonyl (C=O) groups excluding carboxylic acids is 2. The van der Waals surface area contributed by atoms with Crippen molar-refractivity contribution in [1.82, 2.24) is 0 Å². The Morgan fingerprint density at radius 2 is 1.31 bits per heavy atom. The number of hydrogen-bond acceptors (Lipinski definition) is 4. The second-order valence-corrected chi connectivity index (χ2v) is 9.67. The van der Waals surface area contributed by atoms with Crippen LogP contribution < -0.4 is 10.0 Å². The van der Waals surface area contributed by atoms with Gasteiger partial charge < -0.3 is 9.30 Å². The Labute approximate surface area is 182 Å². The number of methoxy groups -OCH3 is 1. The van der Waals surface area contributed by atoms with E-state index in [0.29, 0.717) is 0 Å². The predicted octanol–water partition coefficient (Wildman–Crippen LogP) is 6.32. The minimum atomic E-state index is -4.55. The van der Waals surface area contributed by atoms with E-state index >= 15 is 0 Å². The first-order valence-electron chi connectivity index (χ1n) is 8.34. The molecule has 3 aromatic rings. The van der Waals surface area contributed by atoms with Gasteiger partial charge >= 0.3 is 0 Å². The molecule has 29 heavy (non-hydrogen) atoms. The van der Waals surface area contributed by atoms with E-state index in [1.54, 1.807) is 30.3 Å². The average molecular weight is 468 g/mol. The summed E-state index contributed by atoms with van der Waals surface area (Å²) >= 11 is 18.7. The van der Waals surface area contributed by atoms with Crippen molar-refractivity contribution in [2.24, 2.45) is 0 Å². The first-order valence-corrected chi connectivity index (χ1v) is 11.2. The molecule has 0 aliphatic carbocycles. The van der Waals surface area contributed by atoms with Gasteiger partial charge in [-0.05, 0) is 24.3 Å². The zero-order valence-corrected chi connectivity index (χ0v) is 18.2. The molecular weight excluding hydrogens is 454 g/mol. The van der Waals surface area contributed by atoms with E-state index in [4.69, 9.17) is 39.5 Å². The monoisotopic (exact) mass is 466 g/mol. The minimum absolute atomic E-state index is 0.0189. The lowest BCUT2D eigenvalue weighted by atomic mass is 10.2. The smallest absolute Gasteiger partial charge is 0.253 e. The zero-order valence-electron chi connectivity index (χ0n) is 15.1. The Hall–Kier alpha value is -2.10. The predicted molar refractivity (Wildman–Crippen MR) is 117 cm³/mol. The van der Waals surface area contributed by atoms with E-state index in [1.807, 2.05) is 0 Å². The van der Waals surface area contributed by atoms with Crippen LogP contribution >= 0.6 is 41.9 Å². The van der Waals surface area contributed by atoms with E-state index in [9.17, 15) is 14.2 Å². The minimum Gasteiger partial charge on any atom is -0.496 e. The summed E-state index contributed by atoms with van der Waals surface area (Å²) in [4.78, 5) is 27.0. The second-order valence-electron chi connectivity index (χ2n) is 5.97. The van der Waals surface area contributed by atoms with Gasteiger partial charge in [0.25, 0.3) is 7.14 Å². The van der Waals surface area contributed by atoms with Crippen LogP contribution in [0.4, 0.5) is 0 Å². The lowest BCUT2D eigenvalue weighted by molar-refractivity contribution is 0.104. The van der Waals surface area contributed by atoms with Crippen LogP contribution in [0.1, 0.15) is 20.7 Å². The van der Waals surface area contributed by atoms with Gasteiger partial charge in [-0.3, -0.25) is 9.59 Å². The molecule has 4 nitrogen and oxygen atoms in total. The van der Waals surface area contributed by atoms with Crippen LogP contribution in [0.15, 0.2) is 66.7 Å². The molecule has 148 valence electrons. The second kappa shape index (κ2) is 8.73. The Bertz CT molecular complexity index is 1130. The molecule has 0 N–H and O–H groups in total. The molecule has 0 heterocycles. The number of rotatable bonds is 6. The lowest BCUT2D eigenvalue weighted by Crippen LogP contribution is -2.23. The van der Waals surface area contributed by atoms with Crippen molar-refractivity contribution < 1.29 is 18.9 Å². The van der Waals surface area contributed by atoms with Crippen LogP contribution in [-0.4, -0.2) is 18.2 Å². The fourth-order valence-corrected chi connectivity index (χ4v) is 6.62. The topological polar surface area (TPSA) is 60.4 Å². The van der Waals surface area contributed by atoms with Crippen molar-refractivity contribution in [3.8, 4) is 5.75 Å². The van der Waals surface area contributed by atoms with Crippen LogP contribution in [0.3, 0.4) is 0 Å². The van der Waals surface area contributed by atoms with E-state index in [1.165, 1.54) is 43.5 Å². The third-order valence-electron chi connectivity index (χ3n) is 4.25. The molecule has 0 aromatic heterocycles. The highest BCUT2D eigenvalue weighted by Gasteiger charge is 2.47. The van der Waals surface area contributed by atoms with E-state index < -0.39 is 18.2 Å². The van der Waals surface area contributed by atoms with Gasteiger partial charge in [0.2, 0.25) is 11.0 Å². The summed E-state index contributed by atoms with van der Waals surface area (Å²) in [5.41, 5.74) is -2.00. The summed E-state index contributed by atoms with van der Waals surface area (Å²) in [7, 11) is -3.21. The molecule has 1 atom stereocenters. The highest BCUT2D eigenvalue weighted by atomic mass is 35.5. The normalized spacial score (nSPS) is 12.8. The standard InChI is InChI=1S/C21H14Cl3O4P/c1-28-17-12-6-11-16(24)19(17)29(27,20(25)13-7-3-2-4-8-13)21(26)18-14(22)9-5-10-15(18)23/h2-12H,1H3. The van der Waals surface area contributed by atoms with Crippen molar-refractivity contribution in [1.29, 1.82) is 0 Å². The molecule has 0 amide bonds. The van der Waals surface area contributed by atoms with Gasteiger partial charge in [0, 0.05) is 5.56 Å². The largest absolute Gasteiger partial charge is 0.496 e. The molecule has 3 aromatic carbocycles. The molecule has 0 bridgehead atoms. The Balaban J connectivity index is 2.36. The molecule has 1 unspecified atom stereocenters. The van der Waals surface area contributed by atoms with Crippen molar-refractivity contribution >= 4 is 58.3 Å². The molecule has 0 radical (unpaired) electrons. The number of hydrogen-bond donors (Lipinski definition) is 0. The molecular formula is C21H14Cl3O4P. The third kappa shape index (κ3) is 3.86. The Kier molecular flexibility index (Phi) is 6.50. The van der Waals surface area contributed by atoms with Crippen LogP contribution in [-0.2, 0) is 4.57 Å². The Morgan fingerprint density at radius 3 is 1.90 bits per heavy atom. The zero-order chi connectivity index (χ0) is 21.2. The molecule has 0 aliphatic heterocycles.